The van der Waals surface area contributed by atoms with Crippen molar-refractivity contribution in [2.45, 2.75) is 25.3 Å². The summed E-state index contributed by atoms with van der Waals surface area (Å²) in [6.45, 7) is 2.22. The molecule has 0 saturated carbocycles. The number of amides is 2. The van der Waals surface area contributed by atoms with Crippen LogP contribution in [0.2, 0.25) is 0 Å². The van der Waals surface area contributed by atoms with Crippen LogP contribution in [0.1, 0.15) is 19.3 Å². The van der Waals surface area contributed by atoms with Crippen LogP contribution in [0, 0.1) is 0 Å². The van der Waals surface area contributed by atoms with E-state index in [9.17, 15) is 9.59 Å². The van der Waals surface area contributed by atoms with Gasteiger partial charge in [-0.05, 0) is 12.8 Å². The Bertz CT molecular complexity index is 276. The van der Waals surface area contributed by atoms with Gasteiger partial charge in [-0.25, -0.2) is 0 Å². The topological polar surface area (TPSA) is 70.7 Å². The van der Waals surface area contributed by atoms with E-state index >= 15 is 0 Å². The Balaban J connectivity index is 2.04. The summed E-state index contributed by atoms with van der Waals surface area (Å²) >= 11 is 0. The number of carbonyl (C=O) groups is 2. The van der Waals surface area contributed by atoms with Crippen molar-refractivity contribution in [3.8, 4) is 0 Å². The van der Waals surface area contributed by atoms with Crippen molar-refractivity contribution in [1.82, 2.24) is 15.5 Å². The molecule has 1 heterocycles. The summed E-state index contributed by atoms with van der Waals surface area (Å²) in [4.78, 5) is 24.4. The van der Waals surface area contributed by atoms with Gasteiger partial charge in [0.25, 0.3) is 0 Å². The molecule has 0 bridgehead atoms. The van der Waals surface area contributed by atoms with Crippen molar-refractivity contribution >= 4 is 11.8 Å². The minimum atomic E-state index is -0.0146. The molecule has 0 aliphatic carbocycles. The van der Waals surface area contributed by atoms with Crippen molar-refractivity contribution in [1.29, 1.82) is 0 Å². The lowest BCUT2D eigenvalue weighted by Gasteiger charge is -2.23. The normalized spacial score (nSPS) is 16.3. The maximum absolute atomic E-state index is 11.6. The van der Waals surface area contributed by atoms with Gasteiger partial charge in [0, 0.05) is 46.3 Å². The zero-order chi connectivity index (χ0) is 13.4. The third-order valence-corrected chi connectivity index (χ3v) is 2.89. The van der Waals surface area contributed by atoms with Gasteiger partial charge in [0.2, 0.25) is 11.8 Å². The number of rotatable bonds is 6. The zero-order valence-electron chi connectivity index (χ0n) is 11.2. The maximum atomic E-state index is 11.6. The number of hydrogen-bond donors (Lipinski definition) is 2. The molecule has 1 fully saturated rings. The molecule has 104 valence electrons. The Morgan fingerprint density at radius 1 is 1.28 bits per heavy atom. The summed E-state index contributed by atoms with van der Waals surface area (Å²) in [6.07, 6.45) is 2.17. The first kappa shape index (κ1) is 14.9. The van der Waals surface area contributed by atoms with Gasteiger partial charge in [0.1, 0.15) is 0 Å². The number of hydrogen-bond acceptors (Lipinski definition) is 4. The summed E-state index contributed by atoms with van der Waals surface area (Å²) < 4.78 is 5.22. The molecule has 1 saturated heterocycles. The lowest BCUT2D eigenvalue weighted by atomic mass is 10.1. The highest BCUT2D eigenvalue weighted by Gasteiger charge is 2.15. The highest BCUT2D eigenvalue weighted by molar-refractivity contribution is 5.78. The molecule has 1 aliphatic rings. The molecule has 6 nitrogen and oxygen atoms in total. The summed E-state index contributed by atoms with van der Waals surface area (Å²) in [7, 11) is 3.44. The second kappa shape index (κ2) is 8.05. The van der Waals surface area contributed by atoms with Crippen LogP contribution in [0.4, 0.5) is 0 Å². The van der Waals surface area contributed by atoms with Gasteiger partial charge in [-0.3, -0.25) is 9.59 Å². The average molecular weight is 257 g/mol. The average Bonchev–Trinajstić information content (AvgIpc) is 2.35. The third kappa shape index (κ3) is 5.97. The van der Waals surface area contributed by atoms with Crippen LogP contribution >= 0.6 is 0 Å². The van der Waals surface area contributed by atoms with E-state index in [1.165, 1.54) is 0 Å². The summed E-state index contributed by atoms with van der Waals surface area (Å²) in [5, 5.41) is 5.92. The summed E-state index contributed by atoms with van der Waals surface area (Å²) in [5.74, 6) is 0.0477. The Morgan fingerprint density at radius 3 is 2.56 bits per heavy atom. The van der Waals surface area contributed by atoms with E-state index in [-0.39, 0.29) is 24.4 Å². The molecule has 0 aromatic carbocycles. The molecule has 2 N–H and O–H groups in total. The fourth-order valence-electron chi connectivity index (χ4n) is 1.74. The van der Waals surface area contributed by atoms with Gasteiger partial charge in [-0.15, -0.1) is 0 Å². The fourth-order valence-corrected chi connectivity index (χ4v) is 1.74. The SMILES string of the molecule is CN(C)C(=O)CCNCC(=O)NC1CCOCC1. The first-order valence-corrected chi connectivity index (χ1v) is 6.37. The molecule has 0 radical (unpaired) electrons. The Labute approximate surface area is 108 Å². The second-order valence-electron chi connectivity index (χ2n) is 4.67. The van der Waals surface area contributed by atoms with E-state index in [1.807, 2.05) is 0 Å². The van der Waals surface area contributed by atoms with Crippen molar-refractivity contribution in [3.63, 3.8) is 0 Å². The molecule has 6 heteroatoms. The summed E-state index contributed by atoms with van der Waals surface area (Å²) in [6, 6.07) is 0.233. The van der Waals surface area contributed by atoms with Crippen molar-refractivity contribution in [2.75, 3.05) is 40.4 Å². The lowest BCUT2D eigenvalue weighted by Crippen LogP contribution is -2.43. The second-order valence-corrected chi connectivity index (χ2v) is 4.67. The molecule has 18 heavy (non-hydrogen) atoms. The highest BCUT2D eigenvalue weighted by Crippen LogP contribution is 2.05. The smallest absolute Gasteiger partial charge is 0.234 e. The van der Waals surface area contributed by atoms with Gasteiger partial charge in [0.15, 0.2) is 0 Å². The van der Waals surface area contributed by atoms with Gasteiger partial charge < -0.3 is 20.3 Å². The van der Waals surface area contributed by atoms with E-state index < -0.39 is 0 Å². The van der Waals surface area contributed by atoms with Crippen LogP contribution < -0.4 is 10.6 Å². The molecule has 1 rings (SSSR count). The molecule has 0 aromatic heterocycles. The molecular formula is C12H23N3O3. The van der Waals surface area contributed by atoms with Gasteiger partial charge in [0.05, 0.1) is 6.54 Å². The first-order valence-electron chi connectivity index (χ1n) is 6.37. The van der Waals surface area contributed by atoms with Crippen molar-refractivity contribution < 1.29 is 14.3 Å². The number of ether oxygens (including phenoxy) is 1. The van der Waals surface area contributed by atoms with Gasteiger partial charge in [-0.2, -0.15) is 0 Å². The molecule has 0 aromatic rings. The highest BCUT2D eigenvalue weighted by atomic mass is 16.5. The van der Waals surface area contributed by atoms with E-state index in [2.05, 4.69) is 10.6 Å². The third-order valence-electron chi connectivity index (χ3n) is 2.89. The Morgan fingerprint density at radius 2 is 1.94 bits per heavy atom. The molecule has 2 amide bonds. The molecule has 1 aliphatic heterocycles. The standard InChI is InChI=1S/C12H23N3O3/c1-15(2)12(17)3-6-13-9-11(16)14-10-4-7-18-8-5-10/h10,13H,3-9H2,1-2H3,(H,14,16). The minimum absolute atomic E-state index is 0.0146. The first-order chi connectivity index (χ1) is 8.59. The predicted octanol–water partition coefficient (Wildman–Crippen LogP) is -0.650. The van der Waals surface area contributed by atoms with Crippen LogP contribution in [0.25, 0.3) is 0 Å². The predicted molar refractivity (Wildman–Crippen MR) is 68.2 cm³/mol. The van der Waals surface area contributed by atoms with Crippen molar-refractivity contribution in [2.24, 2.45) is 0 Å². The minimum Gasteiger partial charge on any atom is -0.381 e. The largest absolute Gasteiger partial charge is 0.381 e. The monoisotopic (exact) mass is 257 g/mol. The number of carbonyl (C=O) groups excluding carboxylic acids is 2. The Kier molecular flexibility index (Phi) is 6.67. The van der Waals surface area contributed by atoms with Crippen LogP contribution in [-0.2, 0) is 14.3 Å². The van der Waals surface area contributed by atoms with Gasteiger partial charge >= 0.3 is 0 Å². The van der Waals surface area contributed by atoms with Crippen LogP contribution in [0.15, 0.2) is 0 Å². The Hall–Kier alpha value is -1.14. The van der Waals surface area contributed by atoms with Crippen molar-refractivity contribution in [3.05, 3.63) is 0 Å². The van der Waals surface area contributed by atoms with E-state index in [1.54, 1.807) is 19.0 Å². The van der Waals surface area contributed by atoms with Crippen LogP contribution in [0.3, 0.4) is 0 Å². The molecule has 0 atom stereocenters. The fraction of sp³-hybridized carbons (Fsp3) is 0.833. The van der Waals surface area contributed by atoms with Crippen LogP contribution in [0.5, 0.6) is 0 Å². The maximum Gasteiger partial charge on any atom is 0.234 e. The quantitative estimate of drug-likeness (QED) is 0.620. The zero-order valence-corrected chi connectivity index (χ0v) is 11.2. The van der Waals surface area contributed by atoms with Gasteiger partial charge in [-0.1, -0.05) is 0 Å². The van der Waals surface area contributed by atoms with E-state index in [0.29, 0.717) is 13.0 Å². The summed E-state index contributed by atoms with van der Waals surface area (Å²) in [5.41, 5.74) is 0. The number of nitrogens with zero attached hydrogens (tertiary/aromatic N) is 1. The molecule has 0 unspecified atom stereocenters. The lowest BCUT2D eigenvalue weighted by molar-refractivity contribution is -0.129. The van der Waals surface area contributed by atoms with E-state index in [4.69, 9.17) is 4.74 Å². The van der Waals surface area contributed by atoms with E-state index in [0.717, 1.165) is 26.1 Å². The van der Waals surface area contributed by atoms with Crippen LogP contribution in [-0.4, -0.2) is 63.2 Å². The number of nitrogens with one attached hydrogen (secondary N) is 2. The molecular weight excluding hydrogens is 234 g/mol. The molecule has 0 spiro atoms.